The van der Waals surface area contributed by atoms with Crippen molar-refractivity contribution in [3.8, 4) is 17.1 Å². The monoisotopic (exact) mass is 713 g/mol. The van der Waals surface area contributed by atoms with E-state index in [-0.39, 0.29) is 46.5 Å². The Morgan fingerprint density at radius 1 is 1.08 bits per heavy atom. The summed E-state index contributed by atoms with van der Waals surface area (Å²) in [7, 11) is -2.25. The topological polar surface area (TPSA) is 170 Å². The van der Waals surface area contributed by atoms with Gasteiger partial charge in [0.2, 0.25) is 11.8 Å². The van der Waals surface area contributed by atoms with Crippen molar-refractivity contribution >= 4 is 33.1 Å². The first-order valence-electron chi connectivity index (χ1n) is 16.8. The molecule has 0 amide bonds. The first kappa shape index (κ1) is 35.9. The van der Waals surface area contributed by atoms with Gasteiger partial charge in [0.15, 0.2) is 5.65 Å². The third-order valence-electron chi connectivity index (χ3n) is 8.98. The molecule has 1 aliphatic heterocycles. The van der Waals surface area contributed by atoms with Gasteiger partial charge in [0, 0.05) is 42.9 Å². The maximum atomic E-state index is 13.4. The molecule has 3 aromatic heterocycles. The minimum Gasteiger partial charge on any atom is -0.478 e. The van der Waals surface area contributed by atoms with Crippen LogP contribution in [-0.2, 0) is 33.8 Å². The Morgan fingerprint density at radius 2 is 1.82 bits per heavy atom. The lowest BCUT2D eigenvalue weighted by molar-refractivity contribution is 0.0586. The van der Waals surface area contributed by atoms with Crippen molar-refractivity contribution in [2.75, 3.05) is 17.9 Å². The number of fused-ring (bicyclic) bond motifs is 1. The van der Waals surface area contributed by atoms with Gasteiger partial charge in [-0.15, -0.1) is 0 Å². The molecule has 2 unspecified atom stereocenters. The number of carbonyl (C=O) groups is 1. The van der Waals surface area contributed by atoms with Crippen LogP contribution in [0.25, 0.3) is 22.4 Å². The molecular weight excluding hydrogens is 671 g/mol. The summed E-state index contributed by atoms with van der Waals surface area (Å²) in [6, 6.07) is 14.4. The Labute approximate surface area is 297 Å². The Kier molecular flexibility index (Phi) is 10.1. The Balaban J connectivity index is 1.27. The number of aromatic carboxylic acids is 1. The predicted octanol–water partition coefficient (Wildman–Crippen LogP) is 5.55. The lowest BCUT2D eigenvalue weighted by Crippen LogP contribution is -2.44. The molecule has 0 radical (unpaired) electrons. The van der Waals surface area contributed by atoms with Crippen LogP contribution in [0.3, 0.4) is 0 Å². The second kappa shape index (κ2) is 14.4. The summed E-state index contributed by atoms with van der Waals surface area (Å²) in [5, 5.41) is 13.0. The van der Waals surface area contributed by atoms with Crippen molar-refractivity contribution in [2.45, 2.75) is 76.5 Å². The number of hydrogen-bond donors (Lipinski definition) is 3. The van der Waals surface area contributed by atoms with E-state index >= 15 is 0 Å². The number of hydrogen-bond acceptors (Lipinski definition) is 10. The van der Waals surface area contributed by atoms with E-state index in [1.807, 2.05) is 39.1 Å². The first-order valence-corrected chi connectivity index (χ1v) is 18.3. The average Bonchev–Trinajstić information content (AvgIpc) is 3.73. The number of benzene rings is 2. The van der Waals surface area contributed by atoms with Crippen molar-refractivity contribution in [1.82, 2.24) is 29.8 Å². The number of carboxylic acid groups (broad SMARTS) is 1. The van der Waals surface area contributed by atoms with Crippen molar-refractivity contribution in [2.24, 2.45) is 7.05 Å². The van der Waals surface area contributed by atoms with E-state index in [1.54, 1.807) is 12.3 Å². The highest BCUT2D eigenvalue weighted by molar-refractivity contribution is 7.92. The second-order valence-corrected chi connectivity index (χ2v) is 15.6. The molecule has 1 aliphatic rings. The summed E-state index contributed by atoms with van der Waals surface area (Å²) in [6.07, 6.45) is 3.42. The number of nitrogens with zero attached hydrogens (tertiary/aromatic N) is 5. The molecule has 1 saturated heterocycles. The zero-order valence-electron chi connectivity index (χ0n) is 29.6. The lowest BCUT2D eigenvalue weighted by Gasteiger charge is -2.24. The molecule has 0 spiro atoms. The van der Waals surface area contributed by atoms with Gasteiger partial charge in [0.1, 0.15) is 12.1 Å². The molecule has 0 bridgehead atoms. The van der Waals surface area contributed by atoms with Gasteiger partial charge in [-0.25, -0.2) is 27.9 Å². The molecule has 0 saturated carbocycles. The summed E-state index contributed by atoms with van der Waals surface area (Å²) in [4.78, 5) is 29.9. The van der Waals surface area contributed by atoms with Gasteiger partial charge in [0.05, 0.1) is 40.2 Å². The Bertz CT molecular complexity index is 2170. The van der Waals surface area contributed by atoms with Crippen LogP contribution >= 0.6 is 0 Å². The third kappa shape index (κ3) is 8.03. The molecule has 4 heterocycles. The van der Waals surface area contributed by atoms with Crippen LogP contribution in [0.15, 0.2) is 65.7 Å². The third-order valence-corrected chi connectivity index (χ3v) is 10.3. The van der Waals surface area contributed by atoms with Crippen LogP contribution in [-0.4, -0.2) is 69.4 Å². The van der Waals surface area contributed by atoms with E-state index in [2.05, 4.69) is 56.4 Å². The fourth-order valence-electron chi connectivity index (χ4n) is 6.41. The summed E-state index contributed by atoms with van der Waals surface area (Å²) < 4.78 is 43.7. The fourth-order valence-corrected chi connectivity index (χ4v) is 7.40. The summed E-state index contributed by atoms with van der Waals surface area (Å²) in [5.74, 6) is -1.30. The highest BCUT2D eigenvalue weighted by Gasteiger charge is 2.28. The highest BCUT2D eigenvalue weighted by Crippen LogP contribution is 2.30. The SMILES string of the molecule is Cc1cccc(C)c1-c1cc(OCC(NCc2cnc3cc(C(C)(C)C)n(C)c3n2)C2CCCO2)nc(NS(=O)(=O)c2cccc(C(=O)O)c2)n1. The molecule has 1 fully saturated rings. The van der Waals surface area contributed by atoms with E-state index in [0.29, 0.717) is 18.8 Å². The van der Waals surface area contributed by atoms with Gasteiger partial charge in [0.25, 0.3) is 10.0 Å². The number of aryl methyl sites for hydroxylation is 3. The molecule has 14 heteroatoms. The molecule has 6 rings (SSSR count). The highest BCUT2D eigenvalue weighted by atomic mass is 32.2. The normalized spacial score (nSPS) is 15.6. The van der Waals surface area contributed by atoms with Crippen LogP contribution in [0.1, 0.15) is 66.5 Å². The van der Waals surface area contributed by atoms with Gasteiger partial charge in [-0.3, -0.25) is 4.98 Å². The number of ether oxygens (including phenoxy) is 2. The van der Waals surface area contributed by atoms with E-state index < -0.39 is 16.0 Å². The number of carboxylic acids is 1. The molecule has 13 nitrogen and oxygen atoms in total. The number of anilines is 1. The second-order valence-electron chi connectivity index (χ2n) is 13.9. The van der Waals surface area contributed by atoms with E-state index in [4.69, 9.17) is 14.5 Å². The van der Waals surface area contributed by atoms with Crippen molar-refractivity contribution < 1.29 is 27.8 Å². The van der Waals surface area contributed by atoms with Crippen LogP contribution < -0.4 is 14.8 Å². The molecule has 268 valence electrons. The first-order chi connectivity index (χ1) is 24.2. The van der Waals surface area contributed by atoms with Gasteiger partial charge in [-0.05, 0) is 62.1 Å². The van der Waals surface area contributed by atoms with Crippen molar-refractivity contribution in [3.05, 3.63) is 88.9 Å². The van der Waals surface area contributed by atoms with E-state index in [1.165, 1.54) is 18.2 Å². The lowest BCUT2D eigenvalue weighted by atomic mass is 9.92. The minimum atomic E-state index is -4.26. The zero-order chi connectivity index (χ0) is 36.5. The molecule has 2 aromatic carbocycles. The molecular formula is C37H43N7O6S. The van der Waals surface area contributed by atoms with Crippen molar-refractivity contribution in [1.29, 1.82) is 0 Å². The van der Waals surface area contributed by atoms with Crippen LogP contribution in [0, 0.1) is 13.8 Å². The van der Waals surface area contributed by atoms with Crippen LogP contribution in [0.4, 0.5) is 5.95 Å². The average molecular weight is 714 g/mol. The maximum absolute atomic E-state index is 13.4. The number of rotatable bonds is 12. The van der Waals surface area contributed by atoms with E-state index in [0.717, 1.165) is 58.2 Å². The van der Waals surface area contributed by atoms with Crippen LogP contribution in [0.2, 0.25) is 0 Å². The Morgan fingerprint density at radius 3 is 2.51 bits per heavy atom. The molecule has 5 aromatic rings. The largest absolute Gasteiger partial charge is 0.478 e. The van der Waals surface area contributed by atoms with Gasteiger partial charge >= 0.3 is 5.97 Å². The number of sulfonamides is 1. The fraction of sp³-hybridized carbons (Fsp3) is 0.378. The standard InChI is InChI=1S/C37H43N7O6S/c1-22-10-7-11-23(2)33(22)27-18-32(42-36(41-27)43-51(47,48)26-13-8-12-24(16-26)35(45)46)50-21-29(30-14-9-15-49-30)39-20-25-19-38-28-17-31(37(3,4)5)44(6)34(28)40-25/h7-8,10-13,16-19,29-30,39H,9,14-15,20-21H2,1-6H3,(H,45,46)(H,41,42,43). The molecule has 0 aliphatic carbocycles. The van der Waals surface area contributed by atoms with Gasteiger partial charge < -0.3 is 24.5 Å². The molecule has 2 atom stereocenters. The van der Waals surface area contributed by atoms with Crippen molar-refractivity contribution in [3.63, 3.8) is 0 Å². The summed E-state index contributed by atoms with van der Waals surface area (Å²) in [6.45, 7) is 11.6. The summed E-state index contributed by atoms with van der Waals surface area (Å²) in [5.41, 5.74) is 6.52. The number of aromatic nitrogens is 5. The Hall–Kier alpha value is -4.92. The quantitative estimate of drug-likeness (QED) is 0.148. The smallest absolute Gasteiger partial charge is 0.335 e. The van der Waals surface area contributed by atoms with Gasteiger partial charge in [-0.1, -0.05) is 45.0 Å². The molecule has 51 heavy (non-hydrogen) atoms. The predicted molar refractivity (Wildman–Crippen MR) is 193 cm³/mol. The summed E-state index contributed by atoms with van der Waals surface area (Å²) >= 11 is 0. The minimum absolute atomic E-state index is 0.0540. The number of nitrogens with one attached hydrogen (secondary N) is 2. The van der Waals surface area contributed by atoms with Gasteiger partial charge in [-0.2, -0.15) is 4.98 Å². The maximum Gasteiger partial charge on any atom is 0.335 e. The zero-order valence-corrected chi connectivity index (χ0v) is 30.4. The van der Waals surface area contributed by atoms with E-state index in [9.17, 15) is 18.3 Å². The molecule has 3 N–H and O–H groups in total. The van der Waals surface area contributed by atoms with Crippen LogP contribution in [0.5, 0.6) is 5.88 Å².